The van der Waals surface area contributed by atoms with Crippen LogP contribution in [0.1, 0.15) is 5.56 Å². The van der Waals surface area contributed by atoms with Gasteiger partial charge in [-0.25, -0.2) is 0 Å². The third-order valence-corrected chi connectivity index (χ3v) is 3.62. The highest BCUT2D eigenvalue weighted by Crippen LogP contribution is 2.17. The number of ether oxygens (including phenoxy) is 1. The Morgan fingerprint density at radius 1 is 1.19 bits per heavy atom. The molecule has 2 aromatic rings. The van der Waals surface area contributed by atoms with Gasteiger partial charge < -0.3 is 10.1 Å². The Labute approximate surface area is 129 Å². The maximum absolute atomic E-state index is 11.9. The van der Waals surface area contributed by atoms with E-state index in [1.165, 1.54) is 11.0 Å². The van der Waals surface area contributed by atoms with Gasteiger partial charge in [0.05, 0.1) is 7.11 Å². The summed E-state index contributed by atoms with van der Waals surface area (Å²) in [6.07, 6.45) is 5.29. The summed E-state index contributed by atoms with van der Waals surface area (Å²) in [7, 11) is 1.62. The molecule has 108 valence electrons. The summed E-state index contributed by atoms with van der Waals surface area (Å²) >= 11 is 1.67. The Morgan fingerprint density at radius 2 is 1.95 bits per heavy atom. The number of amides is 1. The number of nitrogens with one attached hydrogen (secondary N) is 1. The molecule has 3 nitrogen and oxygen atoms in total. The summed E-state index contributed by atoms with van der Waals surface area (Å²) in [4.78, 5) is 13.0. The topological polar surface area (TPSA) is 38.3 Å². The van der Waals surface area contributed by atoms with Crippen LogP contribution in [0.25, 0.3) is 6.08 Å². The Bertz CT molecular complexity index is 635. The van der Waals surface area contributed by atoms with Crippen molar-refractivity contribution in [2.24, 2.45) is 0 Å². The molecule has 4 heteroatoms. The molecule has 0 aromatic heterocycles. The number of methoxy groups -OCH3 is 1. The van der Waals surface area contributed by atoms with Crippen LogP contribution in [0.15, 0.2) is 59.5 Å². The Morgan fingerprint density at radius 3 is 2.62 bits per heavy atom. The maximum Gasteiger partial charge on any atom is 0.248 e. The summed E-state index contributed by atoms with van der Waals surface area (Å²) < 4.78 is 5.14. The largest absolute Gasteiger partial charge is 0.497 e. The Hall–Kier alpha value is -2.20. The van der Waals surface area contributed by atoms with Crippen LogP contribution in [0.3, 0.4) is 0 Å². The van der Waals surface area contributed by atoms with E-state index in [-0.39, 0.29) is 5.91 Å². The fourth-order valence-corrected chi connectivity index (χ4v) is 2.18. The number of anilines is 1. The molecule has 0 fully saturated rings. The van der Waals surface area contributed by atoms with Crippen LogP contribution in [0.2, 0.25) is 0 Å². The van der Waals surface area contributed by atoms with Crippen molar-refractivity contribution in [2.75, 3.05) is 18.7 Å². The molecule has 0 aliphatic carbocycles. The Kier molecular flexibility index (Phi) is 5.46. The molecule has 0 saturated heterocycles. The highest BCUT2D eigenvalue weighted by molar-refractivity contribution is 7.98. The molecule has 0 saturated carbocycles. The van der Waals surface area contributed by atoms with E-state index >= 15 is 0 Å². The lowest BCUT2D eigenvalue weighted by Gasteiger charge is -2.03. The van der Waals surface area contributed by atoms with E-state index in [2.05, 4.69) is 5.32 Å². The SMILES string of the molecule is COc1cccc(/C=C/C(=O)Nc2ccc(SC)cc2)c1. The molecule has 1 N–H and O–H groups in total. The van der Waals surface area contributed by atoms with Crippen LogP contribution in [0.4, 0.5) is 5.69 Å². The number of rotatable bonds is 5. The zero-order chi connectivity index (χ0) is 15.1. The predicted molar refractivity (Wildman–Crippen MR) is 88.9 cm³/mol. The molecule has 2 aromatic carbocycles. The van der Waals surface area contributed by atoms with Crippen molar-refractivity contribution in [1.82, 2.24) is 0 Å². The molecule has 2 rings (SSSR count). The summed E-state index contributed by atoms with van der Waals surface area (Å²) in [5.41, 5.74) is 1.70. The standard InChI is InChI=1S/C17H17NO2S/c1-20-15-5-3-4-13(12-15)6-11-17(19)18-14-7-9-16(21-2)10-8-14/h3-12H,1-2H3,(H,18,19)/b11-6+. The first-order chi connectivity index (χ1) is 10.2. The van der Waals surface area contributed by atoms with Gasteiger partial charge in [0.15, 0.2) is 0 Å². The van der Waals surface area contributed by atoms with Crippen molar-refractivity contribution in [3.8, 4) is 5.75 Å². The van der Waals surface area contributed by atoms with Gasteiger partial charge >= 0.3 is 0 Å². The second-order valence-corrected chi connectivity index (χ2v) is 5.21. The fourth-order valence-electron chi connectivity index (χ4n) is 1.78. The Balaban J connectivity index is 1.98. The first kappa shape index (κ1) is 15.2. The van der Waals surface area contributed by atoms with Crippen LogP contribution in [0, 0.1) is 0 Å². The second-order valence-electron chi connectivity index (χ2n) is 4.33. The predicted octanol–water partition coefficient (Wildman–Crippen LogP) is 4.07. The fraction of sp³-hybridized carbons (Fsp3) is 0.118. The third-order valence-electron chi connectivity index (χ3n) is 2.88. The molecular formula is C17H17NO2S. The second kappa shape index (κ2) is 7.55. The average molecular weight is 299 g/mol. The third kappa shape index (κ3) is 4.68. The van der Waals surface area contributed by atoms with E-state index in [0.29, 0.717) is 0 Å². The summed E-state index contributed by atoms with van der Waals surface area (Å²) in [6.45, 7) is 0. The van der Waals surface area contributed by atoms with E-state index in [9.17, 15) is 4.79 Å². The van der Waals surface area contributed by atoms with Crippen LogP contribution in [-0.4, -0.2) is 19.3 Å². The van der Waals surface area contributed by atoms with Crippen molar-refractivity contribution in [3.63, 3.8) is 0 Å². The molecule has 0 unspecified atom stereocenters. The molecule has 21 heavy (non-hydrogen) atoms. The van der Waals surface area contributed by atoms with E-state index in [1.54, 1.807) is 24.9 Å². The normalized spacial score (nSPS) is 10.6. The van der Waals surface area contributed by atoms with Gasteiger partial charge in [0.25, 0.3) is 0 Å². The highest BCUT2D eigenvalue weighted by Gasteiger charge is 1.98. The minimum absolute atomic E-state index is 0.158. The summed E-state index contributed by atoms with van der Waals surface area (Å²) in [6, 6.07) is 15.3. The molecule has 0 bridgehead atoms. The van der Waals surface area contributed by atoms with Crippen molar-refractivity contribution < 1.29 is 9.53 Å². The number of benzene rings is 2. The van der Waals surface area contributed by atoms with Crippen LogP contribution in [0.5, 0.6) is 5.75 Å². The number of hydrogen-bond acceptors (Lipinski definition) is 3. The highest BCUT2D eigenvalue weighted by atomic mass is 32.2. The number of carbonyl (C=O) groups is 1. The number of carbonyl (C=O) groups excluding carboxylic acids is 1. The van der Waals surface area contributed by atoms with Gasteiger partial charge in [-0.15, -0.1) is 11.8 Å². The molecule has 1 amide bonds. The van der Waals surface area contributed by atoms with Gasteiger partial charge in [0.2, 0.25) is 5.91 Å². The van der Waals surface area contributed by atoms with Gasteiger partial charge in [-0.2, -0.15) is 0 Å². The van der Waals surface area contributed by atoms with E-state index in [4.69, 9.17) is 4.74 Å². The van der Waals surface area contributed by atoms with Gasteiger partial charge in [-0.1, -0.05) is 12.1 Å². The monoisotopic (exact) mass is 299 g/mol. The van der Waals surface area contributed by atoms with Crippen LogP contribution >= 0.6 is 11.8 Å². The van der Waals surface area contributed by atoms with E-state index < -0.39 is 0 Å². The quantitative estimate of drug-likeness (QED) is 0.668. The van der Waals surface area contributed by atoms with Crippen molar-refractivity contribution >= 4 is 29.4 Å². The summed E-state index contributed by atoms with van der Waals surface area (Å²) in [5, 5.41) is 2.83. The molecular weight excluding hydrogens is 282 g/mol. The molecule has 0 aliphatic rings. The minimum Gasteiger partial charge on any atom is -0.497 e. The zero-order valence-corrected chi connectivity index (χ0v) is 12.8. The van der Waals surface area contributed by atoms with E-state index in [0.717, 1.165) is 17.0 Å². The molecule has 0 aliphatic heterocycles. The minimum atomic E-state index is -0.158. The molecule has 0 atom stereocenters. The van der Waals surface area contributed by atoms with E-state index in [1.807, 2.05) is 54.8 Å². The van der Waals surface area contributed by atoms with Gasteiger partial charge in [-0.3, -0.25) is 4.79 Å². The van der Waals surface area contributed by atoms with Crippen LogP contribution < -0.4 is 10.1 Å². The van der Waals surface area contributed by atoms with Crippen LogP contribution in [-0.2, 0) is 4.79 Å². The maximum atomic E-state index is 11.9. The molecule has 0 spiro atoms. The number of hydrogen-bond donors (Lipinski definition) is 1. The molecule has 0 heterocycles. The van der Waals surface area contributed by atoms with Crippen molar-refractivity contribution in [1.29, 1.82) is 0 Å². The van der Waals surface area contributed by atoms with Crippen molar-refractivity contribution in [2.45, 2.75) is 4.90 Å². The van der Waals surface area contributed by atoms with Gasteiger partial charge in [-0.05, 0) is 54.3 Å². The zero-order valence-electron chi connectivity index (χ0n) is 12.0. The first-order valence-corrected chi connectivity index (χ1v) is 7.71. The van der Waals surface area contributed by atoms with Gasteiger partial charge in [0, 0.05) is 16.7 Å². The van der Waals surface area contributed by atoms with Crippen molar-refractivity contribution in [3.05, 3.63) is 60.2 Å². The average Bonchev–Trinajstić information content (AvgIpc) is 2.54. The number of thioether (sulfide) groups is 1. The first-order valence-electron chi connectivity index (χ1n) is 6.48. The lowest BCUT2D eigenvalue weighted by Crippen LogP contribution is -2.07. The molecule has 0 radical (unpaired) electrons. The summed E-state index contributed by atoms with van der Waals surface area (Å²) in [5.74, 6) is 0.611. The smallest absolute Gasteiger partial charge is 0.248 e. The lowest BCUT2D eigenvalue weighted by atomic mass is 10.2. The van der Waals surface area contributed by atoms with Gasteiger partial charge in [0.1, 0.15) is 5.75 Å². The lowest BCUT2D eigenvalue weighted by molar-refractivity contribution is -0.111.